The number of likely N-dealkylation sites (N-methyl/N-ethyl adjacent to an activating group) is 1. The average molecular weight is 262 g/mol. The van der Waals surface area contributed by atoms with Gasteiger partial charge in [0.15, 0.2) is 0 Å². The van der Waals surface area contributed by atoms with Crippen molar-refractivity contribution in [3.8, 4) is 0 Å². The fourth-order valence-corrected chi connectivity index (χ4v) is 1.75. The fourth-order valence-electron chi connectivity index (χ4n) is 1.75. The van der Waals surface area contributed by atoms with Crippen LogP contribution < -0.4 is 0 Å². The van der Waals surface area contributed by atoms with Crippen LogP contribution in [0.2, 0.25) is 0 Å². The monoisotopic (exact) mass is 262 g/mol. The molecule has 0 atom stereocenters. The second kappa shape index (κ2) is 6.18. The normalized spacial score (nSPS) is 9.74. The molecule has 0 aliphatic heterocycles. The summed E-state index contributed by atoms with van der Waals surface area (Å²) in [6, 6.07) is 7.18. The number of H-pyrrole nitrogens is 1. The Morgan fingerprint density at radius 3 is 2.37 bits per heavy atom. The number of hydrogen-bond acceptors (Lipinski definition) is 2. The lowest BCUT2D eigenvalue weighted by Gasteiger charge is -2.08. The Bertz CT molecular complexity index is 603. The quantitative estimate of drug-likeness (QED) is 0.668. The number of ketones is 1. The first-order valence-electron chi connectivity index (χ1n) is 6.34. The zero-order valence-corrected chi connectivity index (χ0v) is 12.1. The Hall–Kier alpha value is -2.10. The van der Waals surface area contributed by atoms with Gasteiger partial charge in [-0.05, 0) is 31.2 Å². The highest BCUT2D eigenvalue weighted by molar-refractivity contribution is 6.42. The van der Waals surface area contributed by atoms with Crippen LogP contribution in [0.3, 0.4) is 0 Å². The maximum absolute atomic E-state index is 11.8. The molecule has 0 fully saturated rings. The molecule has 0 aliphatic rings. The molecule has 0 saturated carbocycles. The van der Waals surface area contributed by atoms with E-state index in [4.69, 9.17) is 0 Å². The molecule has 0 spiro atoms. The summed E-state index contributed by atoms with van der Waals surface area (Å²) in [4.78, 5) is 27.8. The van der Waals surface area contributed by atoms with E-state index in [1.54, 1.807) is 26.2 Å². The van der Waals surface area contributed by atoms with Gasteiger partial charge in [0.2, 0.25) is 5.78 Å². The predicted molar refractivity (Wildman–Crippen MR) is 79.5 cm³/mol. The highest BCUT2D eigenvalue weighted by Crippen LogP contribution is 2.17. The van der Waals surface area contributed by atoms with Crippen LogP contribution in [0.5, 0.6) is 0 Å². The molecule has 0 radical (unpaired) electrons. The summed E-state index contributed by atoms with van der Waals surface area (Å²) < 4.78 is 0. The van der Waals surface area contributed by atoms with E-state index in [2.05, 4.69) is 4.98 Å². The minimum Gasteiger partial charge on any atom is -0.359 e. The van der Waals surface area contributed by atoms with E-state index in [-0.39, 0.29) is 1.43 Å². The fraction of sp³-hybridized carbons (Fsp3) is 0.333. The Labute approximate surface area is 114 Å². The second-order valence-corrected chi connectivity index (χ2v) is 4.28. The van der Waals surface area contributed by atoms with E-state index in [0.717, 1.165) is 16.6 Å². The first kappa shape index (κ1) is 15.0. The number of fused-ring (bicyclic) bond motifs is 1. The minimum atomic E-state index is -0.503. The highest BCUT2D eigenvalue weighted by atomic mass is 16.2. The molecule has 1 heterocycles. The van der Waals surface area contributed by atoms with Gasteiger partial charge in [0.25, 0.3) is 5.91 Å². The van der Waals surface area contributed by atoms with E-state index in [1.165, 1.54) is 4.90 Å². The van der Waals surface area contributed by atoms with Crippen molar-refractivity contribution in [2.24, 2.45) is 0 Å². The van der Waals surface area contributed by atoms with Gasteiger partial charge in [-0.25, -0.2) is 0 Å². The topological polar surface area (TPSA) is 53.2 Å². The lowest BCUT2D eigenvalue weighted by Crippen LogP contribution is -2.29. The summed E-state index contributed by atoms with van der Waals surface area (Å²) in [5.41, 5.74) is 2.43. The average Bonchev–Trinajstić information content (AvgIpc) is 2.78. The third-order valence-electron chi connectivity index (χ3n) is 2.62. The molecule has 0 saturated heterocycles. The van der Waals surface area contributed by atoms with Crippen molar-refractivity contribution in [3.05, 3.63) is 35.5 Å². The number of aromatic amines is 1. The van der Waals surface area contributed by atoms with Crippen molar-refractivity contribution in [3.63, 3.8) is 0 Å². The molecule has 1 aromatic carbocycles. The van der Waals surface area contributed by atoms with Gasteiger partial charge in [0.1, 0.15) is 0 Å². The van der Waals surface area contributed by atoms with Crippen LogP contribution >= 0.6 is 0 Å². The number of aromatic nitrogens is 1. The number of nitrogens with one attached hydrogen (secondary N) is 1. The number of nitrogens with zero attached hydrogens (tertiary/aromatic N) is 1. The van der Waals surface area contributed by atoms with Crippen LogP contribution in [0.25, 0.3) is 10.9 Å². The van der Waals surface area contributed by atoms with Crippen LogP contribution in [-0.2, 0) is 4.79 Å². The Morgan fingerprint density at radius 1 is 1.16 bits per heavy atom. The third-order valence-corrected chi connectivity index (χ3v) is 2.62. The standard InChI is InChI=1S/C13H14N2O2.C2H6.H2/c1-8-6-10-7-9(4-5-11(10)14-8)12(16)13(17)15(2)3;1-2;/h4-7,14H,1-3H3;1-2H3;1H. The van der Waals surface area contributed by atoms with Crippen molar-refractivity contribution in [2.75, 3.05) is 14.1 Å². The van der Waals surface area contributed by atoms with Crippen molar-refractivity contribution >= 4 is 22.6 Å². The molecule has 2 rings (SSSR count). The van der Waals surface area contributed by atoms with Gasteiger partial charge >= 0.3 is 0 Å². The zero-order chi connectivity index (χ0) is 14.6. The second-order valence-electron chi connectivity index (χ2n) is 4.28. The van der Waals surface area contributed by atoms with Crippen molar-refractivity contribution < 1.29 is 11.0 Å². The zero-order valence-electron chi connectivity index (χ0n) is 12.1. The number of benzene rings is 1. The SMILES string of the molecule is CC.Cc1cc2cc(C(=O)C(=O)N(C)C)ccc2[nH]1.[HH]. The summed E-state index contributed by atoms with van der Waals surface area (Å²) in [6.07, 6.45) is 0. The summed E-state index contributed by atoms with van der Waals surface area (Å²) >= 11 is 0. The number of amides is 1. The smallest absolute Gasteiger partial charge is 0.294 e. The summed E-state index contributed by atoms with van der Waals surface area (Å²) in [5, 5.41) is 0.944. The van der Waals surface area contributed by atoms with Crippen molar-refractivity contribution in [2.45, 2.75) is 20.8 Å². The summed E-state index contributed by atoms with van der Waals surface area (Å²) in [6.45, 7) is 5.95. The van der Waals surface area contributed by atoms with Gasteiger partial charge in [0.05, 0.1) is 0 Å². The van der Waals surface area contributed by atoms with E-state index in [0.29, 0.717) is 5.56 Å². The molecule has 4 nitrogen and oxygen atoms in total. The van der Waals surface area contributed by atoms with E-state index >= 15 is 0 Å². The molecule has 1 aromatic heterocycles. The number of Topliss-reactive ketones (excluding diaryl/α,β-unsaturated/α-hetero) is 1. The summed E-state index contributed by atoms with van der Waals surface area (Å²) in [5.74, 6) is -0.979. The van der Waals surface area contributed by atoms with Gasteiger partial charge < -0.3 is 9.88 Å². The van der Waals surface area contributed by atoms with Crippen molar-refractivity contribution in [1.29, 1.82) is 0 Å². The lowest BCUT2D eigenvalue weighted by atomic mass is 10.1. The Morgan fingerprint density at radius 2 is 1.79 bits per heavy atom. The lowest BCUT2D eigenvalue weighted by molar-refractivity contribution is -0.124. The van der Waals surface area contributed by atoms with Gasteiger partial charge in [-0.15, -0.1) is 0 Å². The number of carbonyl (C=O) groups excluding carboxylic acids is 2. The first-order valence-corrected chi connectivity index (χ1v) is 6.34. The van der Waals surface area contributed by atoms with Crippen LogP contribution in [0.1, 0.15) is 31.3 Å². The molecule has 0 bridgehead atoms. The van der Waals surface area contributed by atoms with Gasteiger partial charge in [-0.2, -0.15) is 0 Å². The van der Waals surface area contributed by atoms with Crippen molar-refractivity contribution in [1.82, 2.24) is 9.88 Å². The molecule has 1 N–H and O–H groups in total. The molecule has 19 heavy (non-hydrogen) atoms. The molecule has 0 unspecified atom stereocenters. The largest absolute Gasteiger partial charge is 0.359 e. The number of carbonyl (C=O) groups is 2. The molecule has 1 amide bonds. The van der Waals surface area contributed by atoms with Crippen LogP contribution in [0.4, 0.5) is 0 Å². The first-order chi connectivity index (χ1) is 8.99. The van der Waals surface area contributed by atoms with Crippen LogP contribution in [-0.4, -0.2) is 35.7 Å². The maximum Gasteiger partial charge on any atom is 0.294 e. The molecule has 2 aromatic rings. The van der Waals surface area contributed by atoms with Crippen LogP contribution in [0.15, 0.2) is 24.3 Å². The number of aryl methyl sites for hydroxylation is 1. The molecule has 104 valence electrons. The Kier molecular flexibility index (Phi) is 4.87. The summed E-state index contributed by atoms with van der Waals surface area (Å²) in [7, 11) is 3.14. The molecular weight excluding hydrogens is 240 g/mol. The molecular formula is C15H22N2O2. The maximum atomic E-state index is 11.8. The molecule has 4 heteroatoms. The third kappa shape index (κ3) is 3.22. The van der Waals surface area contributed by atoms with E-state index in [9.17, 15) is 9.59 Å². The van der Waals surface area contributed by atoms with Gasteiger partial charge in [-0.1, -0.05) is 13.8 Å². The number of rotatable bonds is 2. The minimum absolute atomic E-state index is 0. The van der Waals surface area contributed by atoms with Gasteiger partial charge in [-0.3, -0.25) is 9.59 Å². The number of hydrogen-bond donors (Lipinski definition) is 1. The Balaban J connectivity index is 0.00000115. The van der Waals surface area contributed by atoms with E-state index < -0.39 is 11.7 Å². The highest BCUT2D eigenvalue weighted by Gasteiger charge is 2.18. The predicted octanol–water partition coefficient (Wildman–Crippen LogP) is 3.02. The van der Waals surface area contributed by atoms with E-state index in [1.807, 2.05) is 32.9 Å². The molecule has 0 aliphatic carbocycles. The van der Waals surface area contributed by atoms with Crippen LogP contribution in [0, 0.1) is 6.92 Å². The van der Waals surface area contributed by atoms with Gasteiger partial charge in [0, 0.05) is 37.7 Å².